The van der Waals surface area contributed by atoms with E-state index in [2.05, 4.69) is 16.5 Å². The third kappa shape index (κ3) is 4.41. The maximum absolute atomic E-state index is 13.7. The molecular formula is C24H32N4O7S. The Bertz CT molecular complexity index is 1220. The summed E-state index contributed by atoms with van der Waals surface area (Å²) in [4.78, 5) is 13.2. The Morgan fingerprint density at radius 1 is 1.19 bits per heavy atom. The SMILES string of the molecule is COCc1noc(N(C2CCOCC2)S(=O)(=O)[NH+]([O-])C(=O)Nc2c3c(cc4c2CCC4)CCC3)c1C. The van der Waals surface area contributed by atoms with E-state index in [-0.39, 0.29) is 12.5 Å². The van der Waals surface area contributed by atoms with Gasteiger partial charge >= 0.3 is 16.2 Å². The molecule has 0 spiro atoms. The molecule has 3 aliphatic rings. The Morgan fingerprint density at radius 2 is 1.83 bits per heavy atom. The van der Waals surface area contributed by atoms with Crippen LogP contribution in [0.25, 0.3) is 0 Å². The second-order valence-electron chi connectivity index (χ2n) is 9.61. The number of hydrogen-bond donors (Lipinski definition) is 2. The highest BCUT2D eigenvalue weighted by molar-refractivity contribution is 7.86. The van der Waals surface area contributed by atoms with Crippen molar-refractivity contribution in [1.82, 2.24) is 5.16 Å². The van der Waals surface area contributed by atoms with Crippen molar-refractivity contribution in [3.05, 3.63) is 44.8 Å². The van der Waals surface area contributed by atoms with Gasteiger partial charge < -0.3 is 19.2 Å². The minimum atomic E-state index is -4.77. The van der Waals surface area contributed by atoms with Gasteiger partial charge in [0.2, 0.25) is 5.88 Å². The second-order valence-corrected chi connectivity index (χ2v) is 11.3. The van der Waals surface area contributed by atoms with Gasteiger partial charge in [0.25, 0.3) is 0 Å². The fourth-order valence-electron chi connectivity index (χ4n) is 5.56. The fourth-order valence-corrected chi connectivity index (χ4v) is 7.02. The summed E-state index contributed by atoms with van der Waals surface area (Å²) in [5.74, 6) is -0.0726. The fraction of sp³-hybridized carbons (Fsp3) is 0.583. The van der Waals surface area contributed by atoms with Crippen LogP contribution in [0.3, 0.4) is 0 Å². The van der Waals surface area contributed by atoms with Crippen molar-refractivity contribution in [1.29, 1.82) is 0 Å². The highest BCUT2D eigenvalue weighted by atomic mass is 32.2. The zero-order valence-electron chi connectivity index (χ0n) is 20.6. The van der Waals surface area contributed by atoms with Crippen LogP contribution in [0.15, 0.2) is 10.6 Å². The molecule has 36 heavy (non-hydrogen) atoms. The lowest BCUT2D eigenvalue weighted by Gasteiger charge is -2.34. The van der Waals surface area contributed by atoms with E-state index in [4.69, 9.17) is 14.0 Å². The zero-order chi connectivity index (χ0) is 25.4. The third-order valence-electron chi connectivity index (χ3n) is 7.39. The molecule has 2 aromatic rings. The van der Waals surface area contributed by atoms with Gasteiger partial charge in [-0.3, -0.25) is 5.32 Å². The van der Waals surface area contributed by atoms with Gasteiger partial charge in [-0.1, -0.05) is 11.2 Å². The van der Waals surface area contributed by atoms with E-state index < -0.39 is 26.8 Å². The molecule has 5 rings (SSSR count). The Kier molecular flexibility index (Phi) is 7.05. The van der Waals surface area contributed by atoms with Gasteiger partial charge in [0.1, 0.15) is 5.69 Å². The number of urea groups is 1. The van der Waals surface area contributed by atoms with Crippen LogP contribution in [-0.2, 0) is 52.0 Å². The van der Waals surface area contributed by atoms with E-state index in [1.165, 1.54) is 18.2 Å². The van der Waals surface area contributed by atoms with Crippen molar-refractivity contribution in [2.45, 2.75) is 70.9 Å². The topological polar surface area (TPSA) is 138 Å². The predicted octanol–water partition coefficient (Wildman–Crippen LogP) is 1.95. The highest BCUT2D eigenvalue weighted by Crippen LogP contribution is 2.38. The number of carbonyl (C=O) groups is 1. The molecule has 11 nitrogen and oxygen atoms in total. The van der Waals surface area contributed by atoms with E-state index in [9.17, 15) is 18.4 Å². The number of methoxy groups -OCH3 is 1. The number of carbonyl (C=O) groups excluding carboxylic acids is 1. The molecule has 1 aromatic carbocycles. The Hall–Kier alpha value is -2.51. The number of nitrogens with one attached hydrogen (secondary N) is 2. The molecule has 196 valence electrons. The summed E-state index contributed by atoms with van der Waals surface area (Å²) < 4.78 is 42.7. The van der Waals surface area contributed by atoms with E-state index in [0.717, 1.165) is 54.0 Å². The molecule has 0 bridgehead atoms. The predicted molar refractivity (Wildman–Crippen MR) is 131 cm³/mol. The average molecular weight is 521 g/mol. The largest absolute Gasteiger partial charge is 0.608 e. The highest BCUT2D eigenvalue weighted by Gasteiger charge is 2.43. The van der Waals surface area contributed by atoms with Crippen LogP contribution in [0, 0.1) is 12.1 Å². The molecule has 1 unspecified atom stereocenters. The molecule has 2 heterocycles. The third-order valence-corrected chi connectivity index (χ3v) is 9.03. The van der Waals surface area contributed by atoms with Crippen molar-refractivity contribution < 1.29 is 31.7 Å². The van der Waals surface area contributed by atoms with Crippen LogP contribution < -0.4 is 14.1 Å². The first kappa shape index (κ1) is 25.2. The number of rotatable bonds is 7. The van der Waals surface area contributed by atoms with Crippen LogP contribution in [0.1, 0.15) is 59.2 Å². The summed E-state index contributed by atoms with van der Waals surface area (Å²) in [7, 11) is -3.28. The number of anilines is 2. The van der Waals surface area contributed by atoms with Crippen molar-refractivity contribution in [2.24, 2.45) is 0 Å². The molecule has 1 atom stereocenters. The number of quaternary nitrogens is 1. The number of aryl methyl sites for hydroxylation is 2. The number of benzene rings is 1. The lowest BCUT2D eigenvalue weighted by molar-refractivity contribution is -0.604. The Morgan fingerprint density at radius 3 is 2.44 bits per heavy atom. The van der Waals surface area contributed by atoms with Gasteiger partial charge in [-0.25, -0.2) is 4.79 Å². The molecule has 1 aromatic heterocycles. The average Bonchev–Trinajstić information content (AvgIpc) is 3.61. The van der Waals surface area contributed by atoms with Gasteiger partial charge in [-0.2, -0.15) is 17.2 Å². The van der Waals surface area contributed by atoms with Crippen molar-refractivity contribution >= 4 is 27.8 Å². The van der Waals surface area contributed by atoms with Crippen LogP contribution in [0.2, 0.25) is 0 Å². The normalized spacial score (nSPS) is 18.6. The molecule has 12 heteroatoms. The van der Waals surface area contributed by atoms with Crippen molar-refractivity contribution in [3.63, 3.8) is 0 Å². The first-order valence-corrected chi connectivity index (χ1v) is 13.8. The minimum absolute atomic E-state index is 0.0726. The number of fused-ring (bicyclic) bond motifs is 2. The number of aromatic nitrogens is 1. The lowest BCUT2D eigenvalue weighted by atomic mass is 9.99. The van der Waals surface area contributed by atoms with E-state index in [1.807, 2.05) is 0 Å². The summed E-state index contributed by atoms with van der Waals surface area (Å²) in [6.07, 6.45) is 6.09. The van der Waals surface area contributed by atoms with Crippen LogP contribution in [0.5, 0.6) is 0 Å². The molecule has 2 aliphatic carbocycles. The monoisotopic (exact) mass is 520 g/mol. The number of hydrogen-bond acceptors (Lipinski definition) is 8. The number of hydroxylamine groups is 1. The summed E-state index contributed by atoms with van der Waals surface area (Å²) >= 11 is 0. The van der Waals surface area contributed by atoms with Gasteiger partial charge in [0, 0.05) is 25.9 Å². The zero-order valence-corrected chi connectivity index (χ0v) is 21.4. The first-order chi connectivity index (χ1) is 17.3. The maximum atomic E-state index is 13.7. The minimum Gasteiger partial charge on any atom is -0.608 e. The number of ether oxygens (including phenoxy) is 2. The summed E-state index contributed by atoms with van der Waals surface area (Å²) in [6, 6.07) is 0.444. The first-order valence-electron chi connectivity index (χ1n) is 12.4. The van der Waals surface area contributed by atoms with E-state index in [1.54, 1.807) is 6.92 Å². The van der Waals surface area contributed by atoms with Gasteiger partial charge in [0.15, 0.2) is 0 Å². The molecule has 0 saturated carbocycles. The molecule has 1 aliphatic heterocycles. The summed E-state index contributed by atoms with van der Waals surface area (Å²) in [6.45, 7) is 2.44. The van der Waals surface area contributed by atoms with Crippen LogP contribution in [0.4, 0.5) is 16.4 Å². The molecular weight excluding hydrogens is 488 g/mol. The summed E-state index contributed by atoms with van der Waals surface area (Å²) in [5.41, 5.74) is 5.88. The number of amides is 2. The molecule has 2 amide bonds. The summed E-state index contributed by atoms with van der Waals surface area (Å²) in [5, 5.41) is 20.0. The van der Waals surface area contributed by atoms with Gasteiger partial charge in [-0.05, 0) is 80.5 Å². The van der Waals surface area contributed by atoms with Crippen LogP contribution in [-0.4, -0.2) is 46.0 Å². The Balaban J connectivity index is 1.47. The standard InChI is InChI=1S/C24H32N4O7S/c1-15-21(14-33-2)26-35-23(15)27(18-9-11-34-12-10-18)36(31,32)28(30)24(29)25-22-19-7-3-5-16(19)13-17-6-4-8-20(17)22/h13,18,28H,3-12,14H2,1-2H3,(H,25,29). The van der Waals surface area contributed by atoms with Crippen LogP contribution >= 0.6 is 0 Å². The second kappa shape index (κ2) is 10.1. The molecule has 1 fully saturated rings. The molecule has 2 N–H and O–H groups in total. The Labute approximate surface area is 210 Å². The van der Waals surface area contributed by atoms with Crippen molar-refractivity contribution in [2.75, 3.05) is 29.9 Å². The van der Waals surface area contributed by atoms with Crippen molar-refractivity contribution in [3.8, 4) is 0 Å². The smallest absolute Gasteiger partial charge is 0.436 e. The van der Waals surface area contributed by atoms with E-state index in [0.29, 0.717) is 43.0 Å². The van der Waals surface area contributed by atoms with Gasteiger partial charge in [-0.15, -0.1) is 0 Å². The quantitative estimate of drug-likeness (QED) is 0.529. The molecule has 1 saturated heterocycles. The number of nitrogens with zero attached hydrogens (tertiary/aromatic N) is 2. The van der Waals surface area contributed by atoms with Gasteiger partial charge in [0.05, 0.1) is 18.3 Å². The van der Waals surface area contributed by atoms with E-state index >= 15 is 0 Å². The molecule has 0 radical (unpaired) electrons. The maximum Gasteiger partial charge on any atom is 0.436 e. The lowest BCUT2D eigenvalue weighted by Crippen LogP contribution is -3.14.